The second-order valence-corrected chi connectivity index (χ2v) is 7.23. The van der Waals surface area contributed by atoms with Crippen LogP contribution in [0.1, 0.15) is 29.5 Å². The highest BCUT2D eigenvalue weighted by atomic mass is 16.5. The molecule has 0 aliphatic carbocycles. The molecule has 2 amide bonds. The van der Waals surface area contributed by atoms with Crippen molar-refractivity contribution >= 4 is 17.1 Å². The zero-order chi connectivity index (χ0) is 20.4. The highest BCUT2D eigenvalue weighted by Gasteiger charge is 2.31. The number of urea groups is 1. The normalized spacial score (nSPS) is 18.7. The summed E-state index contributed by atoms with van der Waals surface area (Å²) < 4.78 is 12.9. The van der Waals surface area contributed by atoms with Gasteiger partial charge in [0.2, 0.25) is 5.88 Å². The molecule has 2 N–H and O–H groups in total. The quantitative estimate of drug-likeness (QED) is 0.693. The number of benzene rings is 1. The van der Waals surface area contributed by atoms with Crippen LogP contribution < -0.4 is 15.4 Å². The molecule has 0 radical (unpaired) electrons. The fraction of sp³-hybridized carbons (Fsp3) is 0.381. The average molecular weight is 395 g/mol. The first-order valence-electron chi connectivity index (χ1n) is 9.63. The number of aromatic nitrogens is 3. The number of amides is 2. The molecule has 0 spiro atoms. The molecule has 2 aromatic heterocycles. The van der Waals surface area contributed by atoms with Crippen LogP contribution in [0.5, 0.6) is 5.88 Å². The van der Waals surface area contributed by atoms with Gasteiger partial charge in [0.15, 0.2) is 0 Å². The molecule has 3 aromatic rings. The minimum absolute atomic E-state index is 0.117. The summed E-state index contributed by atoms with van der Waals surface area (Å²) in [7, 11) is 3.53. The van der Waals surface area contributed by atoms with E-state index >= 15 is 0 Å². The fourth-order valence-corrected chi connectivity index (χ4v) is 3.64. The lowest BCUT2D eigenvalue weighted by Crippen LogP contribution is -2.43. The fourth-order valence-electron chi connectivity index (χ4n) is 3.64. The van der Waals surface area contributed by atoms with Gasteiger partial charge in [-0.3, -0.25) is 0 Å². The molecule has 0 bridgehead atoms. The summed E-state index contributed by atoms with van der Waals surface area (Å²) in [5.74, 6) is 1.35. The van der Waals surface area contributed by atoms with Gasteiger partial charge in [0.25, 0.3) is 0 Å². The number of aryl methyl sites for hydroxylation is 2. The first kappa shape index (κ1) is 19.2. The lowest BCUT2D eigenvalue weighted by molar-refractivity contribution is 0.0995. The zero-order valence-electron chi connectivity index (χ0n) is 16.8. The minimum Gasteiger partial charge on any atom is -0.481 e. The van der Waals surface area contributed by atoms with E-state index in [9.17, 15) is 4.79 Å². The molecule has 1 saturated heterocycles. The van der Waals surface area contributed by atoms with Crippen molar-refractivity contribution in [2.24, 2.45) is 7.05 Å². The highest BCUT2D eigenvalue weighted by Crippen LogP contribution is 2.29. The Labute approximate surface area is 169 Å². The van der Waals surface area contributed by atoms with Crippen LogP contribution in [0.15, 0.2) is 36.5 Å². The van der Waals surface area contributed by atoms with Crippen molar-refractivity contribution in [3.8, 4) is 5.88 Å². The molecule has 2 atom stereocenters. The first-order valence-corrected chi connectivity index (χ1v) is 9.63. The van der Waals surface area contributed by atoms with Crippen molar-refractivity contribution in [3.63, 3.8) is 0 Å². The van der Waals surface area contributed by atoms with Crippen LogP contribution in [-0.4, -0.2) is 40.3 Å². The Bertz CT molecular complexity index is 1020. The van der Waals surface area contributed by atoms with Gasteiger partial charge in [-0.25, -0.2) is 14.8 Å². The SMILES string of the molecule is COc1ccc([C@@H]2OCC[C@H]2NC(=O)NCc2nc3cc(C)ccc3n2C)cn1. The molecule has 0 saturated carbocycles. The van der Waals surface area contributed by atoms with E-state index in [0.29, 0.717) is 19.0 Å². The molecule has 1 aliphatic rings. The van der Waals surface area contributed by atoms with Crippen molar-refractivity contribution in [1.29, 1.82) is 0 Å². The van der Waals surface area contributed by atoms with Crippen molar-refractivity contribution in [1.82, 2.24) is 25.2 Å². The van der Waals surface area contributed by atoms with Gasteiger partial charge in [-0.2, -0.15) is 0 Å². The molecule has 152 valence electrons. The van der Waals surface area contributed by atoms with Crippen molar-refractivity contribution in [2.75, 3.05) is 13.7 Å². The third-order valence-corrected chi connectivity index (χ3v) is 5.24. The monoisotopic (exact) mass is 395 g/mol. The summed E-state index contributed by atoms with van der Waals surface area (Å²) in [5, 5.41) is 5.93. The van der Waals surface area contributed by atoms with E-state index in [0.717, 1.165) is 34.4 Å². The van der Waals surface area contributed by atoms with Crippen LogP contribution in [0.2, 0.25) is 0 Å². The number of carbonyl (C=O) groups is 1. The van der Waals surface area contributed by atoms with E-state index in [-0.39, 0.29) is 18.2 Å². The second kappa shape index (κ2) is 8.08. The van der Waals surface area contributed by atoms with Crippen LogP contribution in [0.4, 0.5) is 4.79 Å². The van der Waals surface area contributed by atoms with E-state index in [1.807, 2.05) is 36.7 Å². The summed E-state index contributed by atoms with van der Waals surface area (Å²) in [5.41, 5.74) is 4.05. The Morgan fingerprint density at radius 2 is 2.21 bits per heavy atom. The molecular weight excluding hydrogens is 370 g/mol. The Hall–Kier alpha value is -3.13. The number of carbonyl (C=O) groups excluding carboxylic acids is 1. The van der Waals surface area contributed by atoms with Crippen LogP contribution >= 0.6 is 0 Å². The number of hydrogen-bond acceptors (Lipinski definition) is 5. The summed E-state index contributed by atoms with van der Waals surface area (Å²) in [6, 6.07) is 9.50. The largest absolute Gasteiger partial charge is 0.481 e. The number of methoxy groups -OCH3 is 1. The lowest BCUT2D eigenvalue weighted by Gasteiger charge is -2.20. The molecule has 0 unspecified atom stereocenters. The number of pyridine rings is 1. The number of fused-ring (bicyclic) bond motifs is 1. The van der Waals surface area contributed by atoms with E-state index in [1.165, 1.54) is 0 Å². The van der Waals surface area contributed by atoms with Crippen LogP contribution in [0.25, 0.3) is 11.0 Å². The van der Waals surface area contributed by atoms with Gasteiger partial charge >= 0.3 is 6.03 Å². The third-order valence-electron chi connectivity index (χ3n) is 5.24. The van der Waals surface area contributed by atoms with E-state index < -0.39 is 0 Å². The maximum Gasteiger partial charge on any atom is 0.315 e. The van der Waals surface area contributed by atoms with Crippen LogP contribution in [0.3, 0.4) is 0 Å². The van der Waals surface area contributed by atoms with Gasteiger partial charge in [0, 0.05) is 31.5 Å². The second-order valence-electron chi connectivity index (χ2n) is 7.23. The Kier molecular flexibility index (Phi) is 5.35. The molecule has 1 aliphatic heterocycles. The Morgan fingerprint density at radius 1 is 1.34 bits per heavy atom. The number of ether oxygens (including phenoxy) is 2. The molecular formula is C21H25N5O3. The Balaban J connectivity index is 1.38. The van der Waals surface area contributed by atoms with Crippen molar-refractivity contribution in [2.45, 2.75) is 32.0 Å². The highest BCUT2D eigenvalue weighted by molar-refractivity contribution is 5.77. The summed E-state index contributed by atoms with van der Waals surface area (Å²) in [4.78, 5) is 21.3. The predicted octanol–water partition coefficient (Wildman–Crippen LogP) is 2.61. The maximum atomic E-state index is 12.5. The van der Waals surface area contributed by atoms with E-state index in [1.54, 1.807) is 19.4 Å². The van der Waals surface area contributed by atoms with Gasteiger partial charge in [-0.05, 0) is 37.1 Å². The topological polar surface area (TPSA) is 90.3 Å². The molecule has 8 heteroatoms. The molecule has 4 rings (SSSR count). The number of nitrogens with zero attached hydrogens (tertiary/aromatic N) is 3. The first-order chi connectivity index (χ1) is 14.0. The van der Waals surface area contributed by atoms with Gasteiger partial charge in [-0.1, -0.05) is 6.07 Å². The lowest BCUT2D eigenvalue weighted by atomic mass is 10.0. The Morgan fingerprint density at radius 3 is 2.97 bits per heavy atom. The number of hydrogen-bond donors (Lipinski definition) is 2. The standard InChI is InChI=1S/C21H25N5O3/c1-13-4-6-17-16(10-13)24-18(26(17)2)12-23-21(27)25-15-8-9-29-20(15)14-5-7-19(28-3)22-11-14/h4-7,10-11,15,20H,8-9,12H2,1-3H3,(H2,23,25,27)/t15-,20+/m1/s1. The van der Waals surface area contributed by atoms with Crippen molar-refractivity contribution < 1.29 is 14.3 Å². The summed E-state index contributed by atoms with van der Waals surface area (Å²) >= 11 is 0. The minimum atomic E-state index is -0.241. The smallest absolute Gasteiger partial charge is 0.315 e. The third kappa shape index (κ3) is 4.02. The number of rotatable bonds is 5. The number of nitrogens with one attached hydrogen (secondary N) is 2. The van der Waals surface area contributed by atoms with E-state index in [4.69, 9.17) is 9.47 Å². The van der Waals surface area contributed by atoms with Crippen LogP contribution in [0, 0.1) is 6.92 Å². The zero-order valence-corrected chi connectivity index (χ0v) is 16.8. The van der Waals surface area contributed by atoms with Gasteiger partial charge < -0.3 is 24.7 Å². The predicted molar refractivity (Wildman–Crippen MR) is 109 cm³/mol. The van der Waals surface area contributed by atoms with E-state index in [2.05, 4.69) is 26.7 Å². The molecule has 8 nitrogen and oxygen atoms in total. The molecule has 3 heterocycles. The van der Waals surface area contributed by atoms with Crippen LogP contribution in [-0.2, 0) is 18.3 Å². The average Bonchev–Trinajstić information content (AvgIpc) is 3.30. The van der Waals surface area contributed by atoms with Gasteiger partial charge in [-0.15, -0.1) is 0 Å². The molecule has 29 heavy (non-hydrogen) atoms. The van der Waals surface area contributed by atoms with Crippen molar-refractivity contribution in [3.05, 3.63) is 53.5 Å². The maximum absolute atomic E-state index is 12.5. The molecule has 1 aromatic carbocycles. The molecule has 1 fully saturated rings. The summed E-state index contributed by atoms with van der Waals surface area (Å²) in [6.45, 7) is 2.97. The number of imidazole rings is 1. The van der Waals surface area contributed by atoms with Gasteiger partial charge in [0.1, 0.15) is 11.9 Å². The summed E-state index contributed by atoms with van der Waals surface area (Å²) in [6.07, 6.45) is 2.25. The van der Waals surface area contributed by atoms with Gasteiger partial charge in [0.05, 0.1) is 30.7 Å².